The molecule has 6 heteroatoms. The summed E-state index contributed by atoms with van der Waals surface area (Å²) >= 11 is 0. The molecule has 0 radical (unpaired) electrons. The average Bonchev–Trinajstić information content (AvgIpc) is 3.22. The Morgan fingerprint density at radius 1 is 1.23 bits per heavy atom. The van der Waals surface area contributed by atoms with Crippen LogP contribution in [0.1, 0.15) is 12.6 Å². The van der Waals surface area contributed by atoms with Crippen molar-refractivity contribution in [1.29, 1.82) is 0 Å². The van der Waals surface area contributed by atoms with Gasteiger partial charge in [0, 0.05) is 12.3 Å². The summed E-state index contributed by atoms with van der Waals surface area (Å²) in [6, 6.07) is 5.60. The van der Waals surface area contributed by atoms with Crippen molar-refractivity contribution in [3.05, 3.63) is 47.4 Å². The molecule has 2 aromatic heterocycles. The molecule has 3 heterocycles. The lowest BCUT2D eigenvalue weighted by Gasteiger charge is -1.97. The van der Waals surface area contributed by atoms with Gasteiger partial charge >= 0.3 is 0 Å². The molecule has 1 saturated heterocycles. The van der Waals surface area contributed by atoms with E-state index >= 15 is 0 Å². The molecule has 2 aromatic rings. The van der Waals surface area contributed by atoms with Crippen molar-refractivity contribution in [2.75, 3.05) is 7.11 Å². The fourth-order valence-corrected chi connectivity index (χ4v) is 2.34. The predicted molar refractivity (Wildman–Crippen MR) is 82.0 cm³/mol. The number of aromatic amines is 2. The molecule has 1 amide bonds. The second-order valence-electron chi connectivity index (χ2n) is 4.79. The van der Waals surface area contributed by atoms with Gasteiger partial charge in [-0.1, -0.05) is 6.08 Å². The van der Waals surface area contributed by atoms with Crippen LogP contribution in [0, 0.1) is 0 Å². The molecule has 22 heavy (non-hydrogen) atoms. The number of ether oxygens (including phenoxy) is 1. The predicted octanol–water partition coefficient (Wildman–Crippen LogP) is 2.00. The van der Waals surface area contributed by atoms with Crippen molar-refractivity contribution in [3.63, 3.8) is 0 Å². The number of carbonyl (C=O) groups is 2. The maximum Gasteiger partial charge on any atom is 0.259 e. The Bertz CT molecular complexity index is 795. The third-order valence-corrected chi connectivity index (χ3v) is 3.48. The molecular formula is C16H15N3O3. The second kappa shape index (κ2) is 5.40. The van der Waals surface area contributed by atoms with Crippen LogP contribution in [0.2, 0.25) is 0 Å². The molecule has 1 aliphatic rings. The minimum absolute atomic E-state index is 0.0892. The third-order valence-electron chi connectivity index (χ3n) is 3.48. The molecule has 112 valence electrons. The van der Waals surface area contributed by atoms with Gasteiger partial charge < -0.3 is 20.0 Å². The number of H-pyrrole nitrogens is 2. The fourth-order valence-electron chi connectivity index (χ4n) is 2.34. The van der Waals surface area contributed by atoms with Crippen LogP contribution >= 0.6 is 0 Å². The number of carbonyl (C=O) groups excluding carboxylic acids is 2. The summed E-state index contributed by atoms with van der Waals surface area (Å²) < 4.78 is 5.31. The van der Waals surface area contributed by atoms with Crippen LogP contribution in [0.5, 0.6) is 5.75 Å². The maximum atomic E-state index is 12.1. The topological polar surface area (TPSA) is 87.0 Å². The Kier molecular flexibility index (Phi) is 3.42. The van der Waals surface area contributed by atoms with Gasteiger partial charge in [0.15, 0.2) is 0 Å². The summed E-state index contributed by atoms with van der Waals surface area (Å²) in [5.74, 6) is -0.159. The molecule has 0 aliphatic carbocycles. The number of hydrogen-bond donors (Lipinski definition) is 3. The van der Waals surface area contributed by atoms with Crippen LogP contribution in [0.4, 0.5) is 0 Å². The van der Waals surface area contributed by atoms with E-state index in [-0.39, 0.29) is 11.4 Å². The number of hydrogen-bond acceptors (Lipinski definition) is 3. The molecule has 0 atom stereocenters. The van der Waals surface area contributed by atoms with Crippen molar-refractivity contribution in [3.8, 4) is 17.1 Å². The highest BCUT2D eigenvalue weighted by Crippen LogP contribution is 2.29. The molecule has 0 aromatic carbocycles. The van der Waals surface area contributed by atoms with Crippen molar-refractivity contribution in [2.45, 2.75) is 6.92 Å². The van der Waals surface area contributed by atoms with Gasteiger partial charge in [-0.25, -0.2) is 0 Å². The summed E-state index contributed by atoms with van der Waals surface area (Å²) in [4.78, 5) is 30.2. The van der Waals surface area contributed by atoms with E-state index in [1.54, 1.807) is 13.0 Å². The van der Waals surface area contributed by atoms with Gasteiger partial charge in [0.2, 0.25) is 5.78 Å². The highest BCUT2D eigenvalue weighted by molar-refractivity contribution is 6.34. The normalized spacial score (nSPS) is 18.3. The van der Waals surface area contributed by atoms with Crippen molar-refractivity contribution >= 4 is 17.8 Å². The van der Waals surface area contributed by atoms with E-state index in [1.165, 1.54) is 13.2 Å². The van der Waals surface area contributed by atoms with Gasteiger partial charge in [0.1, 0.15) is 5.75 Å². The Labute approximate surface area is 126 Å². The zero-order chi connectivity index (χ0) is 15.7. The first-order valence-corrected chi connectivity index (χ1v) is 6.79. The molecule has 0 bridgehead atoms. The van der Waals surface area contributed by atoms with Crippen molar-refractivity contribution in [1.82, 2.24) is 15.3 Å². The quantitative estimate of drug-likeness (QED) is 0.598. The van der Waals surface area contributed by atoms with Gasteiger partial charge in [-0.2, -0.15) is 0 Å². The van der Waals surface area contributed by atoms with Crippen LogP contribution < -0.4 is 10.1 Å². The zero-order valence-electron chi connectivity index (χ0n) is 12.2. The number of amides is 1. The monoisotopic (exact) mass is 297 g/mol. The van der Waals surface area contributed by atoms with E-state index in [2.05, 4.69) is 15.3 Å². The summed E-state index contributed by atoms with van der Waals surface area (Å²) in [6.07, 6.45) is 4.91. The third kappa shape index (κ3) is 2.24. The first kappa shape index (κ1) is 13.9. The van der Waals surface area contributed by atoms with E-state index in [0.29, 0.717) is 17.1 Å². The minimum Gasteiger partial charge on any atom is -0.494 e. The standard InChI is InChI=1S/C16H15N3O3/c1-3-10-15(20)9(16(21)19-10)7-13-14(22-2)8-12(18-13)11-5-4-6-17-11/h3-8,17-18H,1-2H3,(H,19,21)/b9-7-,10-3-. The van der Waals surface area contributed by atoms with Crippen LogP contribution in [0.25, 0.3) is 17.5 Å². The second-order valence-corrected chi connectivity index (χ2v) is 4.79. The molecule has 0 unspecified atom stereocenters. The number of ketones is 1. The highest BCUT2D eigenvalue weighted by Gasteiger charge is 2.30. The number of nitrogens with one attached hydrogen (secondary N) is 3. The summed E-state index contributed by atoms with van der Waals surface area (Å²) in [5.41, 5.74) is 2.66. The summed E-state index contributed by atoms with van der Waals surface area (Å²) in [5, 5.41) is 2.54. The minimum atomic E-state index is -0.406. The van der Waals surface area contributed by atoms with Crippen LogP contribution in [-0.4, -0.2) is 28.8 Å². The molecular weight excluding hydrogens is 282 g/mol. The van der Waals surface area contributed by atoms with Crippen molar-refractivity contribution in [2.24, 2.45) is 0 Å². The van der Waals surface area contributed by atoms with Gasteiger partial charge in [0.05, 0.1) is 35.5 Å². The number of rotatable bonds is 3. The molecule has 3 N–H and O–H groups in total. The SMILES string of the molecule is C/C=C1\NC(=O)/C(=C\c2[nH]c(-c3ccc[nH]3)cc2OC)C1=O. The van der Waals surface area contributed by atoms with Gasteiger partial charge in [-0.3, -0.25) is 9.59 Å². The van der Waals surface area contributed by atoms with Crippen LogP contribution in [-0.2, 0) is 9.59 Å². The maximum absolute atomic E-state index is 12.1. The molecule has 3 rings (SSSR count). The lowest BCUT2D eigenvalue weighted by molar-refractivity contribution is -0.117. The van der Waals surface area contributed by atoms with Gasteiger partial charge in [0.25, 0.3) is 5.91 Å². The molecule has 1 aliphatic heterocycles. The Balaban J connectivity index is 2.04. The lowest BCUT2D eigenvalue weighted by atomic mass is 10.1. The number of allylic oxidation sites excluding steroid dienone is 2. The molecule has 1 fully saturated rings. The van der Waals surface area contributed by atoms with Gasteiger partial charge in [-0.15, -0.1) is 0 Å². The smallest absolute Gasteiger partial charge is 0.259 e. The Morgan fingerprint density at radius 2 is 2.05 bits per heavy atom. The highest BCUT2D eigenvalue weighted by atomic mass is 16.5. The first-order chi connectivity index (χ1) is 10.6. The summed E-state index contributed by atoms with van der Waals surface area (Å²) in [7, 11) is 1.54. The molecule has 6 nitrogen and oxygen atoms in total. The van der Waals surface area contributed by atoms with Crippen LogP contribution in [0.3, 0.4) is 0 Å². The van der Waals surface area contributed by atoms with E-state index in [0.717, 1.165) is 11.4 Å². The number of aromatic nitrogens is 2. The molecule has 0 spiro atoms. The molecule has 0 saturated carbocycles. The van der Waals surface area contributed by atoms with Crippen LogP contribution in [0.15, 0.2) is 41.7 Å². The fraction of sp³-hybridized carbons (Fsp3) is 0.125. The van der Waals surface area contributed by atoms with E-state index in [1.807, 2.05) is 24.4 Å². The van der Waals surface area contributed by atoms with E-state index in [4.69, 9.17) is 4.74 Å². The number of methoxy groups -OCH3 is 1. The largest absolute Gasteiger partial charge is 0.494 e. The Morgan fingerprint density at radius 3 is 2.64 bits per heavy atom. The van der Waals surface area contributed by atoms with Crippen molar-refractivity contribution < 1.29 is 14.3 Å². The first-order valence-electron chi connectivity index (χ1n) is 6.79. The van der Waals surface area contributed by atoms with E-state index in [9.17, 15) is 9.59 Å². The van der Waals surface area contributed by atoms with Gasteiger partial charge in [-0.05, 0) is 25.1 Å². The van der Waals surface area contributed by atoms with E-state index < -0.39 is 5.91 Å². The Hall–Kier alpha value is -3.02. The average molecular weight is 297 g/mol. The zero-order valence-corrected chi connectivity index (χ0v) is 12.2. The summed E-state index contributed by atoms with van der Waals surface area (Å²) in [6.45, 7) is 1.70. The number of Topliss-reactive ketones (excluding diaryl/α,β-unsaturated/α-hetero) is 1. The lowest BCUT2D eigenvalue weighted by Crippen LogP contribution is -2.13.